The first-order valence-electron chi connectivity index (χ1n) is 6.43. The molecule has 7 nitrogen and oxygen atoms in total. The fraction of sp³-hybridized carbons (Fsp3) is 0.286. The van der Waals surface area contributed by atoms with Crippen LogP contribution in [0.3, 0.4) is 0 Å². The average Bonchev–Trinajstić information content (AvgIpc) is 2.90. The molecule has 0 unspecified atom stereocenters. The van der Waals surface area contributed by atoms with Gasteiger partial charge in [0.15, 0.2) is 0 Å². The van der Waals surface area contributed by atoms with E-state index < -0.39 is 5.97 Å². The van der Waals surface area contributed by atoms with Gasteiger partial charge in [-0.15, -0.1) is 5.10 Å². The number of nitrogens with zero attached hydrogens (tertiary/aromatic N) is 4. The Labute approximate surface area is 122 Å². The van der Waals surface area contributed by atoms with Crippen molar-refractivity contribution in [2.45, 2.75) is 13.8 Å². The molecule has 2 rings (SSSR count). The minimum Gasteiger partial charge on any atom is -0.478 e. The van der Waals surface area contributed by atoms with Gasteiger partial charge in [-0.25, -0.2) is 4.79 Å². The topological polar surface area (TPSA) is 78.6 Å². The predicted molar refractivity (Wildman–Crippen MR) is 76.7 cm³/mol. The highest BCUT2D eigenvalue weighted by Gasteiger charge is 2.21. The lowest BCUT2D eigenvalue weighted by Gasteiger charge is -2.01. The maximum atomic E-state index is 11.7. The normalized spacial score (nSPS) is 10.8. The summed E-state index contributed by atoms with van der Waals surface area (Å²) < 4.78 is 9.99. The number of hydrogen-bond acceptors (Lipinski definition) is 6. The second kappa shape index (κ2) is 6.65. The van der Waals surface area contributed by atoms with Gasteiger partial charge in [0.05, 0.1) is 19.9 Å². The van der Waals surface area contributed by atoms with E-state index in [0.717, 1.165) is 15.9 Å². The van der Waals surface area contributed by atoms with E-state index in [1.165, 1.54) is 7.11 Å². The molecule has 0 aliphatic heterocycles. The van der Waals surface area contributed by atoms with Crippen molar-refractivity contribution in [3.8, 4) is 5.88 Å². The number of hydrogen-bond donors (Lipinski definition) is 0. The molecule has 7 heteroatoms. The number of benzene rings is 1. The number of carbonyl (C=O) groups is 1. The molecule has 0 atom stereocenters. The van der Waals surface area contributed by atoms with Gasteiger partial charge in [0.1, 0.15) is 0 Å². The van der Waals surface area contributed by atoms with Crippen LogP contribution in [0.25, 0.3) is 0 Å². The van der Waals surface area contributed by atoms with Crippen LogP contribution in [0.4, 0.5) is 0 Å². The molecule has 0 radical (unpaired) electrons. The number of ether oxygens (including phenoxy) is 2. The van der Waals surface area contributed by atoms with Gasteiger partial charge in [-0.2, -0.15) is 5.10 Å². The molecule has 0 saturated heterocycles. The van der Waals surface area contributed by atoms with Crippen LogP contribution < -0.4 is 4.74 Å². The second-order valence-corrected chi connectivity index (χ2v) is 4.21. The van der Waals surface area contributed by atoms with Crippen molar-refractivity contribution in [2.24, 2.45) is 5.10 Å². The summed E-state index contributed by atoms with van der Waals surface area (Å²) in [4.78, 5) is 12.8. The van der Waals surface area contributed by atoms with E-state index in [2.05, 4.69) is 15.4 Å². The molecule has 0 bridgehead atoms. The summed E-state index contributed by atoms with van der Waals surface area (Å²) >= 11 is 0. The van der Waals surface area contributed by atoms with Crippen LogP contribution in [0.15, 0.2) is 29.4 Å². The molecule has 2 aromatic rings. The van der Waals surface area contributed by atoms with E-state index in [-0.39, 0.29) is 18.2 Å². The largest absolute Gasteiger partial charge is 0.478 e. The lowest BCUT2D eigenvalue weighted by molar-refractivity contribution is 0.0515. The molecule has 1 aromatic carbocycles. The monoisotopic (exact) mass is 288 g/mol. The van der Waals surface area contributed by atoms with E-state index in [1.807, 2.05) is 31.2 Å². The number of carbonyl (C=O) groups excluding carboxylic acids is 1. The van der Waals surface area contributed by atoms with Crippen molar-refractivity contribution in [3.63, 3.8) is 0 Å². The highest BCUT2D eigenvalue weighted by Crippen LogP contribution is 2.16. The average molecular weight is 288 g/mol. The van der Waals surface area contributed by atoms with Gasteiger partial charge in [0.25, 0.3) is 5.88 Å². The summed E-state index contributed by atoms with van der Waals surface area (Å²) in [6.45, 7) is 3.97. The number of methoxy groups -OCH3 is 1. The van der Waals surface area contributed by atoms with Crippen LogP contribution in [-0.2, 0) is 4.74 Å². The third-order valence-electron chi connectivity index (χ3n) is 2.67. The zero-order valence-electron chi connectivity index (χ0n) is 12.1. The van der Waals surface area contributed by atoms with Crippen LogP contribution in [0.5, 0.6) is 5.88 Å². The third kappa shape index (κ3) is 3.44. The van der Waals surface area contributed by atoms with Crippen molar-refractivity contribution < 1.29 is 14.3 Å². The first-order valence-corrected chi connectivity index (χ1v) is 6.43. The Balaban J connectivity index is 2.24. The minimum atomic E-state index is -0.592. The lowest BCUT2D eigenvalue weighted by Crippen LogP contribution is -2.07. The third-order valence-corrected chi connectivity index (χ3v) is 2.67. The molecule has 0 amide bonds. The van der Waals surface area contributed by atoms with Crippen LogP contribution >= 0.6 is 0 Å². The SMILES string of the molecule is CCOC(=O)c1nnn(/N=C/c2ccc(C)cc2)c1OC. The van der Waals surface area contributed by atoms with E-state index in [4.69, 9.17) is 9.47 Å². The highest BCUT2D eigenvalue weighted by molar-refractivity contribution is 5.89. The molecular formula is C14H16N4O3. The van der Waals surface area contributed by atoms with Crippen LogP contribution in [0.1, 0.15) is 28.5 Å². The van der Waals surface area contributed by atoms with Gasteiger partial charge >= 0.3 is 5.97 Å². The van der Waals surface area contributed by atoms with Gasteiger partial charge in [-0.05, 0) is 24.6 Å². The summed E-state index contributed by atoms with van der Waals surface area (Å²) in [6, 6.07) is 7.80. The molecule has 0 aliphatic carbocycles. The van der Waals surface area contributed by atoms with E-state index in [1.54, 1.807) is 13.1 Å². The Bertz CT molecular complexity index is 647. The maximum Gasteiger partial charge on any atom is 0.364 e. The second-order valence-electron chi connectivity index (χ2n) is 4.21. The van der Waals surface area contributed by atoms with Crippen LogP contribution in [-0.4, -0.2) is 41.0 Å². The first-order chi connectivity index (χ1) is 10.2. The standard InChI is InChI=1S/C14H16N4O3/c1-4-21-14(19)12-13(20-3)18(17-16-12)15-9-11-7-5-10(2)6-8-11/h5-9H,4H2,1-3H3/b15-9+. The first kappa shape index (κ1) is 14.7. The molecule has 0 fully saturated rings. The minimum absolute atomic E-state index is 0.000376. The fourth-order valence-electron chi connectivity index (χ4n) is 1.62. The summed E-state index contributed by atoms with van der Waals surface area (Å²) in [6.07, 6.45) is 1.60. The smallest absolute Gasteiger partial charge is 0.364 e. The van der Waals surface area contributed by atoms with Crippen molar-refractivity contribution in [1.82, 2.24) is 15.1 Å². The van der Waals surface area contributed by atoms with Crippen molar-refractivity contribution in [2.75, 3.05) is 13.7 Å². The summed E-state index contributed by atoms with van der Waals surface area (Å²) in [5.74, 6) is -0.456. The molecule has 1 heterocycles. The van der Waals surface area contributed by atoms with E-state index in [9.17, 15) is 4.79 Å². The van der Waals surface area contributed by atoms with Crippen LogP contribution in [0, 0.1) is 6.92 Å². The van der Waals surface area contributed by atoms with Gasteiger partial charge in [0, 0.05) is 0 Å². The van der Waals surface area contributed by atoms with Gasteiger partial charge in [-0.1, -0.05) is 34.6 Å². The highest BCUT2D eigenvalue weighted by atomic mass is 16.5. The molecule has 0 N–H and O–H groups in total. The number of rotatable bonds is 5. The van der Waals surface area contributed by atoms with Gasteiger partial charge < -0.3 is 9.47 Å². The Morgan fingerprint density at radius 2 is 2.10 bits per heavy atom. The summed E-state index contributed by atoms with van der Waals surface area (Å²) in [5, 5.41) is 11.6. The lowest BCUT2D eigenvalue weighted by atomic mass is 10.2. The van der Waals surface area contributed by atoms with E-state index in [0.29, 0.717) is 0 Å². The molecule has 1 aromatic heterocycles. The summed E-state index contributed by atoms with van der Waals surface area (Å²) in [7, 11) is 1.42. The number of aromatic nitrogens is 3. The molecular weight excluding hydrogens is 272 g/mol. The summed E-state index contributed by atoms with van der Waals surface area (Å²) in [5.41, 5.74) is 2.06. The zero-order valence-corrected chi connectivity index (χ0v) is 12.1. The Hall–Kier alpha value is -2.70. The van der Waals surface area contributed by atoms with Crippen molar-refractivity contribution >= 4 is 12.2 Å². The fourth-order valence-corrected chi connectivity index (χ4v) is 1.62. The quantitative estimate of drug-likeness (QED) is 0.617. The molecule has 0 spiro atoms. The van der Waals surface area contributed by atoms with Gasteiger partial charge in [0.2, 0.25) is 5.69 Å². The predicted octanol–water partition coefficient (Wildman–Crippen LogP) is 1.65. The Morgan fingerprint density at radius 3 is 2.71 bits per heavy atom. The zero-order chi connectivity index (χ0) is 15.2. The van der Waals surface area contributed by atoms with Crippen molar-refractivity contribution in [1.29, 1.82) is 0 Å². The Kier molecular flexibility index (Phi) is 4.65. The Morgan fingerprint density at radius 1 is 1.38 bits per heavy atom. The van der Waals surface area contributed by atoms with E-state index >= 15 is 0 Å². The molecule has 21 heavy (non-hydrogen) atoms. The maximum absolute atomic E-state index is 11.7. The molecule has 0 saturated carbocycles. The number of esters is 1. The van der Waals surface area contributed by atoms with Crippen LogP contribution in [0.2, 0.25) is 0 Å². The van der Waals surface area contributed by atoms with Gasteiger partial charge in [-0.3, -0.25) is 0 Å². The molecule has 110 valence electrons. The van der Waals surface area contributed by atoms with Crippen molar-refractivity contribution in [3.05, 3.63) is 41.1 Å². The number of aryl methyl sites for hydroxylation is 1. The molecule has 0 aliphatic rings.